The number of rotatable bonds is 5. The van der Waals surface area contributed by atoms with Gasteiger partial charge in [0.1, 0.15) is 18.0 Å². The van der Waals surface area contributed by atoms with Crippen molar-refractivity contribution in [3.63, 3.8) is 0 Å². The van der Waals surface area contributed by atoms with Crippen LogP contribution in [0.3, 0.4) is 0 Å². The molecule has 0 radical (unpaired) electrons. The Kier molecular flexibility index (Phi) is 5.62. The third kappa shape index (κ3) is 4.06. The van der Waals surface area contributed by atoms with Crippen molar-refractivity contribution in [2.24, 2.45) is 0 Å². The standard InChI is InChI=1S/C24H28N7O2P/c1-15(2)30-23(32)20-14-27-24(28-18-6-5-17-13-25-9-7-16(17)11-18)29-22(20)31(30)19-8-10-26-21(12-19)34(3,4)33/h5-6,8,10-12,14-15,25H,7,9,13H2,1-4H3,(H,27,28,29). The zero-order chi connectivity index (χ0) is 24.0. The van der Waals surface area contributed by atoms with Crippen molar-refractivity contribution in [2.75, 3.05) is 25.2 Å². The van der Waals surface area contributed by atoms with E-state index in [-0.39, 0.29) is 11.6 Å². The quantitative estimate of drug-likeness (QED) is 0.425. The second-order valence-electron chi connectivity index (χ2n) is 9.24. The number of nitrogens with zero attached hydrogens (tertiary/aromatic N) is 5. The van der Waals surface area contributed by atoms with Gasteiger partial charge in [-0.3, -0.25) is 9.78 Å². The molecule has 10 heteroatoms. The summed E-state index contributed by atoms with van der Waals surface area (Å²) in [6, 6.07) is 9.69. The molecule has 0 unspecified atom stereocenters. The summed E-state index contributed by atoms with van der Waals surface area (Å²) in [6.07, 6.45) is 4.16. The molecule has 0 aliphatic carbocycles. The van der Waals surface area contributed by atoms with Gasteiger partial charge in [-0.05, 0) is 75.5 Å². The van der Waals surface area contributed by atoms with Gasteiger partial charge in [-0.1, -0.05) is 6.07 Å². The molecule has 0 amide bonds. The molecule has 34 heavy (non-hydrogen) atoms. The van der Waals surface area contributed by atoms with Gasteiger partial charge in [0.2, 0.25) is 5.95 Å². The summed E-state index contributed by atoms with van der Waals surface area (Å²) < 4.78 is 16.1. The van der Waals surface area contributed by atoms with Crippen LogP contribution in [-0.2, 0) is 17.5 Å². The lowest BCUT2D eigenvalue weighted by Crippen LogP contribution is -2.24. The van der Waals surface area contributed by atoms with Gasteiger partial charge in [0.05, 0.1) is 5.69 Å². The van der Waals surface area contributed by atoms with Crippen LogP contribution >= 0.6 is 7.14 Å². The number of hydrogen-bond acceptors (Lipinski definition) is 7. The molecular weight excluding hydrogens is 449 g/mol. The molecule has 1 aliphatic rings. The van der Waals surface area contributed by atoms with Crippen molar-refractivity contribution in [1.82, 2.24) is 29.6 Å². The lowest BCUT2D eigenvalue weighted by atomic mass is 10.0. The normalized spacial score (nSPS) is 13.9. The molecule has 4 heterocycles. The van der Waals surface area contributed by atoms with Gasteiger partial charge in [0.25, 0.3) is 5.56 Å². The highest BCUT2D eigenvalue weighted by atomic mass is 31.2. The van der Waals surface area contributed by atoms with Crippen molar-refractivity contribution < 1.29 is 4.57 Å². The SMILES string of the molecule is CC(C)n1c(=O)c2cnc(Nc3ccc4c(c3)CCNC4)nc2n1-c1ccnc(P(C)(C)=O)c1. The Morgan fingerprint density at radius 2 is 1.94 bits per heavy atom. The van der Waals surface area contributed by atoms with E-state index in [0.29, 0.717) is 28.1 Å². The van der Waals surface area contributed by atoms with Gasteiger partial charge in [-0.15, -0.1) is 0 Å². The molecule has 176 valence electrons. The van der Waals surface area contributed by atoms with Crippen LogP contribution in [0.1, 0.15) is 31.0 Å². The average molecular weight is 478 g/mol. The molecule has 0 atom stereocenters. The Hall–Kier alpha value is -3.29. The monoisotopic (exact) mass is 477 g/mol. The maximum Gasteiger partial charge on any atom is 0.278 e. The molecule has 1 aliphatic heterocycles. The molecule has 0 saturated heterocycles. The van der Waals surface area contributed by atoms with E-state index in [9.17, 15) is 9.36 Å². The van der Waals surface area contributed by atoms with Crippen LogP contribution in [0.5, 0.6) is 0 Å². The van der Waals surface area contributed by atoms with E-state index < -0.39 is 7.14 Å². The minimum Gasteiger partial charge on any atom is -0.324 e. The summed E-state index contributed by atoms with van der Waals surface area (Å²) in [5, 5.41) is 7.10. The number of nitrogens with one attached hydrogen (secondary N) is 2. The van der Waals surface area contributed by atoms with E-state index in [4.69, 9.17) is 4.98 Å². The second kappa shape index (κ2) is 8.49. The Bertz CT molecular complexity index is 1500. The highest BCUT2D eigenvalue weighted by Crippen LogP contribution is 2.34. The van der Waals surface area contributed by atoms with Crippen LogP contribution in [0.25, 0.3) is 16.7 Å². The Balaban J connectivity index is 1.64. The van der Waals surface area contributed by atoms with E-state index in [1.54, 1.807) is 47.2 Å². The number of hydrogen-bond donors (Lipinski definition) is 2. The Morgan fingerprint density at radius 1 is 1.12 bits per heavy atom. The number of aromatic nitrogens is 5. The van der Waals surface area contributed by atoms with E-state index >= 15 is 0 Å². The third-order valence-corrected chi connectivity index (χ3v) is 7.33. The molecule has 1 aromatic carbocycles. The smallest absolute Gasteiger partial charge is 0.278 e. The first-order valence-corrected chi connectivity index (χ1v) is 13.9. The summed E-state index contributed by atoms with van der Waals surface area (Å²) >= 11 is 0. The molecule has 9 nitrogen and oxygen atoms in total. The Labute approximate surface area is 197 Å². The zero-order valence-corrected chi connectivity index (χ0v) is 20.6. The molecule has 0 bridgehead atoms. The van der Waals surface area contributed by atoms with E-state index in [0.717, 1.165) is 25.2 Å². The van der Waals surface area contributed by atoms with Crippen molar-refractivity contribution >= 4 is 35.2 Å². The summed E-state index contributed by atoms with van der Waals surface area (Å²) in [5.74, 6) is 0.405. The topological polar surface area (TPSA) is 107 Å². The molecule has 0 fully saturated rings. The molecule has 0 saturated carbocycles. The maximum atomic E-state index is 13.2. The average Bonchev–Trinajstić information content (AvgIpc) is 3.10. The van der Waals surface area contributed by atoms with Crippen molar-refractivity contribution in [1.29, 1.82) is 0 Å². The maximum absolute atomic E-state index is 13.2. The number of pyridine rings is 1. The lowest BCUT2D eigenvalue weighted by molar-refractivity contribution is 0.476. The van der Waals surface area contributed by atoms with Crippen LogP contribution in [-0.4, -0.2) is 44.2 Å². The minimum atomic E-state index is -2.58. The minimum absolute atomic E-state index is 0.126. The van der Waals surface area contributed by atoms with E-state index in [1.807, 2.05) is 19.9 Å². The zero-order valence-electron chi connectivity index (χ0n) is 19.7. The molecule has 0 spiro atoms. The summed E-state index contributed by atoms with van der Waals surface area (Å²) in [5.41, 5.74) is 5.01. The van der Waals surface area contributed by atoms with Crippen LogP contribution in [0.15, 0.2) is 47.5 Å². The first-order chi connectivity index (χ1) is 16.2. The molecule has 3 aromatic heterocycles. The van der Waals surface area contributed by atoms with Crippen molar-refractivity contribution in [3.8, 4) is 5.69 Å². The van der Waals surface area contributed by atoms with Gasteiger partial charge in [-0.2, -0.15) is 4.98 Å². The fraction of sp³-hybridized carbons (Fsp3) is 0.333. The van der Waals surface area contributed by atoms with E-state index in [1.165, 1.54) is 11.1 Å². The third-order valence-electron chi connectivity index (χ3n) is 5.99. The number of anilines is 2. The van der Waals surface area contributed by atoms with Gasteiger partial charge < -0.3 is 15.2 Å². The van der Waals surface area contributed by atoms with Crippen LogP contribution < -0.4 is 21.6 Å². The van der Waals surface area contributed by atoms with Gasteiger partial charge in [0, 0.05) is 30.7 Å². The Morgan fingerprint density at radius 3 is 2.71 bits per heavy atom. The number of fused-ring (bicyclic) bond motifs is 2. The summed E-state index contributed by atoms with van der Waals surface area (Å²) in [6.45, 7) is 9.09. The largest absolute Gasteiger partial charge is 0.324 e. The van der Waals surface area contributed by atoms with Crippen molar-refractivity contribution in [2.45, 2.75) is 32.9 Å². The van der Waals surface area contributed by atoms with Gasteiger partial charge >= 0.3 is 0 Å². The molecule has 4 aromatic rings. The molecule has 2 N–H and O–H groups in total. The van der Waals surface area contributed by atoms with Crippen molar-refractivity contribution in [3.05, 3.63) is 64.2 Å². The van der Waals surface area contributed by atoms with Crippen LogP contribution in [0.2, 0.25) is 0 Å². The summed E-state index contributed by atoms with van der Waals surface area (Å²) in [7, 11) is -2.58. The highest BCUT2D eigenvalue weighted by Gasteiger charge is 2.21. The molecule has 5 rings (SSSR count). The molecular formula is C24H28N7O2P. The second-order valence-corrected chi connectivity index (χ2v) is 12.4. The van der Waals surface area contributed by atoms with Gasteiger partial charge in [0.15, 0.2) is 5.65 Å². The number of benzene rings is 1. The highest BCUT2D eigenvalue weighted by molar-refractivity contribution is 7.69. The first kappa shape index (κ1) is 22.5. The van der Waals surface area contributed by atoms with E-state index in [2.05, 4.69) is 32.7 Å². The fourth-order valence-electron chi connectivity index (χ4n) is 4.29. The van der Waals surface area contributed by atoms with Gasteiger partial charge in [-0.25, -0.2) is 14.3 Å². The van der Waals surface area contributed by atoms with Crippen LogP contribution in [0.4, 0.5) is 11.6 Å². The predicted octanol–water partition coefficient (Wildman–Crippen LogP) is 3.20. The van der Waals surface area contributed by atoms with Crippen LogP contribution in [0, 0.1) is 0 Å². The first-order valence-electron chi connectivity index (χ1n) is 11.3. The lowest BCUT2D eigenvalue weighted by Gasteiger charge is -2.18. The summed E-state index contributed by atoms with van der Waals surface area (Å²) in [4.78, 5) is 26.7. The fourth-order valence-corrected chi connectivity index (χ4v) is 5.08. The predicted molar refractivity (Wildman–Crippen MR) is 136 cm³/mol.